The first kappa shape index (κ1) is 12.3. The van der Waals surface area contributed by atoms with Crippen LogP contribution in [-0.2, 0) is 7.05 Å². The number of carbonyl (C=O) groups excluding carboxylic acids is 1. The molecule has 94 valence electrons. The summed E-state index contributed by atoms with van der Waals surface area (Å²) < 4.78 is 3.03. The third-order valence-corrected chi connectivity index (χ3v) is 2.75. The number of nitrogens with zero attached hydrogens (tertiary/aromatic N) is 2. The smallest absolute Gasteiger partial charge is 0.313 e. The normalized spacial score (nSPS) is 10.6. The van der Waals surface area contributed by atoms with Gasteiger partial charge in [-0.25, -0.2) is 4.79 Å². The fourth-order valence-electron chi connectivity index (χ4n) is 1.73. The number of hydrogen-bond donors (Lipinski definition) is 1. The van der Waals surface area contributed by atoms with Crippen LogP contribution in [-0.4, -0.2) is 28.5 Å². The number of imidazole rings is 1. The van der Waals surface area contributed by atoms with Gasteiger partial charge in [-0.3, -0.25) is 9.36 Å². The van der Waals surface area contributed by atoms with Crippen molar-refractivity contribution in [2.75, 3.05) is 13.6 Å². The molecule has 5 nitrogen and oxygen atoms in total. The van der Waals surface area contributed by atoms with Gasteiger partial charge in [-0.1, -0.05) is 0 Å². The summed E-state index contributed by atoms with van der Waals surface area (Å²) in [4.78, 5) is 23.4. The van der Waals surface area contributed by atoms with Crippen LogP contribution in [0.2, 0.25) is 0 Å². The maximum Gasteiger partial charge on any atom is 0.332 e. The second kappa shape index (κ2) is 5.01. The first-order valence-corrected chi connectivity index (χ1v) is 5.65. The van der Waals surface area contributed by atoms with Gasteiger partial charge in [0.05, 0.1) is 12.2 Å². The largest absolute Gasteiger partial charge is 0.332 e. The average molecular weight is 245 g/mol. The van der Waals surface area contributed by atoms with Crippen LogP contribution in [0.15, 0.2) is 41.5 Å². The summed E-state index contributed by atoms with van der Waals surface area (Å²) in [6.45, 7) is 0.310. The molecule has 0 radical (unpaired) electrons. The van der Waals surface area contributed by atoms with Crippen molar-refractivity contribution in [3.63, 3.8) is 0 Å². The van der Waals surface area contributed by atoms with Crippen molar-refractivity contribution >= 4 is 5.78 Å². The molecule has 2 aromatic rings. The molecule has 0 spiro atoms. The van der Waals surface area contributed by atoms with E-state index in [1.165, 1.54) is 9.13 Å². The summed E-state index contributed by atoms with van der Waals surface area (Å²) in [6, 6.07) is 7.00. The van der Waals surface area contributed by atoms with Crippen molar-refractivity contribution in [3.05, 3.63) is 52.7 Å². The Morgan fingerprint density at radius 1 is 1.22 bits per heavy atom. The van der Waals surface area contributed by atoms with Gasteiger partial charge >= 0.3 is 5.69 Å². The van der Waals surface area contributed by atoms with E-state index < -0.39 is 0 Å². The molecule has 5 heteroatoms. The van der Waals surface area contributed by atoms with E-state index in [4.69, 9.17) is 0 Å². The molecule has 0 aliphatic carbocycles. The summed E-state index contributed by atoms with van der Waals surface area (Å²) in [5.74, 6) is 0.0319. The standard InChI is InChI=1S/C13H15N3O2/c1-14-9-12(17)10-3-5-11(6-4-10)16-8-7-15(2)13(16)18/h3-8,14H,9H2,1-2H3. The molecule has 0 amide bonds. The van der Waals surface area contributed by atoms with Crippen LogP contribution in [0.3, 0.4) is 0 Å². The number of Topliss-reactive ketones (excluding diaryl/α,β-unsaturated/α-hetero) is 1. The van der Waals surface area contributed by atoms with Gasteiger partial charge in [0.15, 0.2) is 5.78 Å². The lowest BCUT2D eigenvalue weighted by molar-refractivity contribution is 0.0993. The number of rotatable bonds is 4. The topological polar surface area (TPSA) is 56.0 Å². The molecule has 0 aliphatic heterocycles. The minimum atomic E-state index is -0.107. The zero-order valence-electron chi connectivity index (χ0n) is 10.4. The molecule has 0 saturated carbocycles. The molecule has 1 heterocycles. The molecule has 18 heavy (non-hydrogen) atoms. The van der Waals surface area contributed by atoms with Crippen LogP contribution in [0.25, 0.3) is 5.69 Å². The van der Waals surface area contributed by atoms with E-state index in [1.54, 1.807) is 50.8 Å². The van der Waals surface area contributed by atoms with E-state index >= 15 is 0 Å². The lowest BCUT2D eigenvalue weighted by Gasteiger charge is -2.03. The number of aryl methyl sites for hydroxylation is 1. The lowest BCUT2D eigenvalue weighted by Crippen LogP contribution is -2.21. The molecule has 1 N–H and O–H groups in total. The molecule has 0 bridgehead atoms. The number of benzene rings is 1. The molecular weight excluding hydrogens is 230 g/mol. The maximum absolute atomic E-state index is 11.7. The van der Waals surface area contributed by atoms with Gasteiger partial charge in [0.25, 0.3) is 0 Å². The number of likely N-dealkylation sites (N-methyl/N-ethyl adjacent to an activating group) is 1. The fraction of sp³-hybridized carbons (Fsp3) is 0.231. The zero-order valence-corrected chi connectivity index (χ0v) is 10.4. The quantitative estimate of drug-likeness (QED) is 0.802. The minimum Gasteiger partial charge on any atom is -0.313 e. The molecular formula is C13H15N3O2. The third-order valence-electron chi connectivity index (χ3n) is 2.75. The van der Waals surface area contributed by atoms with Crippen molar-refractivity contribution in [2.45, 2.75) is 0 Å². The van der Waals surface area contributed by atoms with Gasteiger partial charge < -0.3 is 9.88 Å². The summed E-state index contributed by atoms with van der Waals surface area (Å²) in [6.07, 6.45) is 3.40. The van der Waals surface area contributed by atoms with Gasteiger partial charge in [0.2, 0.25) is 0 Å². The highest BCUT2D eigenvalue weighted by Gasteiger charge is 2.06. The minimum absolute atomic E-state index is 0.0319. The first-order valence-electron chi connectivity index (χ1n) is 5.65. The molecule has 1 aromatic carbocycles. The summed E-state index contributed by atoms with van der Waals surface area (Å²) >= 11 is 0. The SMILES string of the molecule is CNCC(=O)c1ccc(-n2ccn(C)c2=O)cc1. The molecule has 0 aliphatic rings. The summed E-state index contributed by atoms with van der Waals surface area (Å²) in [7, 11) is 3.43. The number of nitrogens with one attached hydrogen (secondary N) is 1. The number of hydrogen-bond acceptors (Lipinski definition) is 3. The van der Waals surface area contributed by atoms with Crippen molar-refractivity contribution in [3.8, 4) is 5.69 Å². The van der Waals surface area contributed by atoms with E-state index in [0.717, 1.165) is 5.69 Å². The van der Waals surface area contributed by atoms with Gasteiger partial charge in [-0.15, -0.1) is 0 Å². The van der Waals surface area contributed by atoms with E-state index in [-0.39, 0.29) is 11.5 Å². The van der Waals surface area contributed by atoms with E-state index in [1.807, 2.05) is 0 Å². The molecule has 0 fully saturated rings. The molecule has 1 aromatic heterocycles. The van der Waals surface area contributed by atoms with Gasteiger partial charge in [0.1, 0.15) is 0 Å². The monoisotopic (exact) mass is 245 g/mol. The molecule has 0 unspecified atom stereocenters. The van der Waals surface area contributed by atoms with E-state index in [0.29, 0.717) is 12.1 Å². The predicted octanol–water partition coefficient (Wildman–Crippen LogP) is 0.578. The van der Waals surface area contributed by atoms with Crippen molar-refractivity contribution < 1.29 is 4.79 Å². The Bertz CT molecular complexity index is 608. The van der Waals surface area contributed by atoms with Gasteiger partial charge in [-0.2, -0.15) is 0 Å². The van der Waals surface area contributed by atoms with E-state index in [9.17, 15) is 9.59 Å². The van der Waals surface area contributed by atoms with Gasteiger partial charge in [0, 0.05) is 25.0 Å². The van der Waals surface area contributed by atoms with Crippen molar-refractivity contribution in [2.24, 2.45) is 7.05 Å². The van der Waals surface area contributed by atoms with Crippen LogP contribution in [0.4, 0.5) is 0 Å². The lowest BCUT2D eigenvalue weighted by atomic mass is 10.1. The predicted molar refractivity (Wildman–Crippen MR) is 69.3 cm³/mol. The highest BCUT2D eigenvalue weighted by Crippen LogP contribution is 2.08. The van der Waals surface area contributed by atoms with Crippen LogP contribution >= 0.6 is 0 Å². The Labute approximate surface area is 105 Å². The van der Waals surface area contributed by atoms with Crippen molar-refractivity contribution in [1.82, 2.24) is 14.5 Å². The highest BCUT2D eigenvalue weighted by atomic mass is 16.1. The number of ketones is 1. The van der Waals surface area contributed by atoms with Crippen LogP contribution in [0.5, 0.6) is 0 Å². The van der Waals surface area contributed by atoms with Crippen molar-refractivity contribution in [1.29, 1.82) is 0 Å². The first-order chi connectivity index (χ1) is 8.63. The Hall–Kier alpha value is -2.14. The fourth-order valence-corrected chi connectivity index (χ4v) is 1.73. The summed E-state index contributed by atoms with van der Waals surface area (Å²) in [5.41, 5.74) is 1.28. The maximum atomic E-state index is 11.7. The Balaban J connectivity index is 2.31. The molecule has 2 rings (SSSR count). The zero-order chi connectivity index (χ0) is 13.1. The Morgan fingerprint density at radius 2 is 1.89 bits per heavy atom. The second-order valence-corrected chi connectivity index (χ2v) is 4.06. The highest BCUT2D eigenvalue weighted by molar-refractivity contribution is 5.97. The second-order valence-electron chi connectivity index (χ2n) is 4.06. The molecule has 0 atom stereocenters. The third kappa shape index (κ3) is 2.26. The van der Waals surface area contributed by atoms with Gasteiger partial charge in [-0.05, 0) is 31.3 Å². The number of carbonyl (C=O) groups is 1. The Morgan fingerprint density at radius 3 is 2.39 bits per heavy atom. The average Bonchev–Trinajstić information content (AvgIpc) is 2.71. The molecule has 0 saturated heterocycles. The van der Waals surface area contributed by atoms with Crippen LogP contribution in [0, 0.1) is 0 Å². The summed E-state index contributed by atoms with van der Waals surface area (Å²) in [5, 5.41) is 2.82. The van der Waals surface area contributed by atoms with Crippen LogP contribution in [0.1, 0.15) is 10.4 Å². The Kier molecular flexibility index (Phi) is 3.43. The van der Waals surface area contributed by atoms with E-state index in [2.05, 4.69) is 5.32 Å². The number of aromatic nitrogens is 2. The van der Waals surface area contributed by atoms with Crippen LogP contribution < -0.4 is 11.0 Å².